The van der Waals surface area contributed by atoms with E-state index < -0.39 is 11.1 Å². The van der Waals surface area contributed by atoms with Crippen LogP contribution in [-0.4, -0.2) is 9.13 Å². The van der Waals surface area contributed by atoms with Gasteiger partial charge in [-0.3, -0.25) is 14.2 Å². The largest absolute Gasteiger partial charge is 0.320 e. The molecule has 1 aromatic heterocycles. The first-order chi connectivity index (χ1) is 9.19. The number of aromatic nitrogens is 2. The van der Waals surface area contributed by atoms with Gasteiger partial charge in [0, 0.05) is 18.9 Å². The van der Waals surface area contributed by atoms with E-state index in [1.165, 1.54) is 9.13 Å². The van der Waals surface area contributed by atoms with Crippen LogP contribution in [0.15, 0.2) is 46.2 Å². The summed E-state index contributed by atoms with van der Waals surface area (Å²) < 4.78 is 2.90. The zero-order valence-electron chi connectivity index (χ0n) is 11.3. The van der Waals surface area contributed by atoms with Crippen molar-refractivity contribution in [3.63, 3.8) is 0 Å². The Kier molecular flexibility index (Phi) is 4.00. The average molecular weight is 258 g/mol. The molecule has 0 amide bonds. The highest BCUT2D eigenvalue weighted by molar-refractivity contribution is 5.40. The predicted molar refractivity (Wildman–Crippen MR) is 76.0 cm³/mol. The Labute approximate surface area is 111 Å². The monoisotopic (exact) mass is 258 g/mol. The molecule has 0 N–H and O–H groups in total. The van der Waals surface area contributed by atoms with Crippen molar-refractivity contribution in [2.24, 2.45) is 0 Å². The minimum absolute atomic E-state index is 0.463. The summed E-state index contributed by atoms with van der Waals surface area (Å²) in [7, 11) is 0. The number of nitrogens with zero attached hydrogens (tertiary/aromatic N) is 2. The van der Waals surface area contributed by atoms with Crippen LogP contribution in [-0.2, 0) is 13.0 Å². The third kappa shape index (κ3) is 2.52. The molecule has 4 heteroatoms. The quantitative estimate of drug-likeness (QED) is 0.787. The number of rotatable bonds is 4. The van der Waals surface area contributed by atoms with E-state index in [0.717, 1.165) is 24.1 Å². The van der Waals surface area contributed by atoms with Gasteiger partial charge in [-0.25, -0.2) is 0 Å². The van der Waals surface area contributed by atoms with Gasteiger partial charge >= 0.3 is 11.1 Å². The van der Waals surface area contributed by atoms with Crippen LogP contribution in [0.25, 0.3) is 5.69 Å². The van der Waals surface area contributed by atoms with Crippen molar-refractivity contribution in [1.82, 2.24) is 9.13 Å². The number of para-hydroxylation sites is 1. The third-order valence-corrected chi connectivity index (χ3v) is 3.15. The molecule has 0 aliphatic heterocycles. The highest BCUT2D eigenvalue weighted by Gasteiger charge is 2.08. The minimum Gasteiger partial charge on any atom is -0.309 e. The van der Waals surface area contributed by atoms with Gasteiger partial charge in [0.15, 0.2) is 0 Å². The van der Waals surface area contributed by atoms with Gasteiger partial charge in [-0.1, -0.05) is 32.0 Å². The molecule has 4 nitrogen and oxygen atoms in total. The molecule has 2 rings (SSSR count). The molecule has 19 heavy (non-hydrogen) atoms. The molecule has 0 bridgehead atoms. The molecule has 0 spiro atoms. The molecule has 0 aliphatic carbocycles. The van der Waals surface area contributed by atoms with Crippen molar-refractivity contribution in [1.29, 1.82) is 0 Å². The van der Waals surface area contributed by atoms with Crippen LogP contribution < -0.4 is 11.1 Å². The fraction of sp³-hybridized carbons (Fsp3) is 0.333. The number of aryl methyl sites for hydroxylation is 2. The van der Waals surface area contributed by atoms with Crippen LogP contribution in [0.1, 0.15) is 25.8 Å². The molecule has 100 valence electrons. The Morgan fingerprint density at radius 2 is 1.74 bits per heavy atom. The highest BCUT2D eigenvalue weighted by Crippen LogP contribution is 2.12. The molecular formula is C15H18N2O2. The van der Waals surface area contributed by atoms with E-state index in [1.54, 1.807) is 12.4 Å². The van der Waals surface area contributed by atoms with E-state index in [0.29, 0.717) is 6.54 Å². The fourth-order valence-corrected chi connectivity index (χ4v) is 2.16. The number of benzene rings is 1. The van der Waals surface area contributed by atoms with Crippen molar-refractivity contribution in [3.8, 4) is 5.69 Å². The Morgan fingerprint density at radius 1 is 1.00 bits per heavy atom. The van der Waals surface area contributed by atoms with E-state index in [9.17, 15) is 9.59 Å². The standard InChI is InChI=1S/C15H18N2O2/c1-3-9-16-10-11-17(15(19)14(16)18)13-8-6-5-7-12(13)4-2/h5-8,10-11H,3-4,9H2,1-2H3. The first-order valence-electron chi connectivity index (χ1n) is 6.59. The lowest BCUT2D eigenvalue weighted by Crippen LogP contribution is -2.40. The molecule has 0 unspecified atom stereocenters. The summed E-state index contributed by atoms with van der Waals surface area (Å²) >= 11 is 0. The van der Waals surface area contributed by atoms with E-state index in [4.69, 9.17) is 0 Å². The zero-order chi connectivity index (χ0) is 13.8. The maximum absolute atomic E-state index is 12.2. The Balaban J connectivity index is 2.62. The van der Waals surface area contributed by atoms with Gasteiger partial charge < -0.3 is 4.57 Å². The van der Waals surface area contributed by atoms with Crippen LogP contribution in [0.4, 0.5) is 0 Å². The normalized spacial score (nSPS) is 10.6. The lowest BCUT2D eigenvalue weighted by molar-refractivity contribution is 0.633. The van der Waals surface area contributed by atoms with E-state index >= 15 is 0 Å². The molecule has 0 aliphatic rings. The molecule has 1 aromatic carbocycles. The van der Waals surface area contributed by atoms with Crippen LogP contribution in [0.5, 0.6) is 0 Å². The van der Waals surface area contributed by atoms with Gasteiger partial charge in [-0.15, -0.1) is 0 Å². The van der Waals surface area contributed by atoms with Crippen molar-refractivity contribution >= 4 is 0 Å². The van der Waals surface area contributed by atoms with Gasteiger partial charge in [0.2, 0.25) is 0 Å². The van der Waals surface area contributed by atoms with Crippen LogP contribution in [0.3, 0.4) is 0 Å². The summed E-state index contributed by atoms with van der Waals surface area (Å²) in [6.07, 6.45) is 5.00. The Morgan fingerprint density at radius 3 is 2.42 bits per heavy atom. The third-order valence-electron chi connectivity index (χ3n) is 3.15. The Bertz CT molecular complexity index is 683. The molecule has 0 atom stereocenters. The predicted octanol–water partition coefficient (Wildman–Crippen LogP) is 1.97. The molecule has 0 saturated carbocycles. The highest BCUT2D eigenvalue weighted by atomic mass is 16.2. The lowest BCUT2D eigenvalue weighted by atomic mass is 10.1. The fourth-order valence-electron chi connectivity index (χ4n) is 2.16. The summed E-state index contributed by atoms with van der Waals surface area (Å²) in [5, 5.41) is 0. The summed E-state index contributed by atoms with van der Waals surface area (Å²) in [5.41, 5.74) is 0.889. The summed E-state index contributed by atoms with van der Waals surface area (Å²) in [5.74, 6) is 0. The zero-order valence-corrected chi connectivity index (χ0v) is 11.3. The number of hydrogen-bond acceptors (Lipinski definition) is 2. The van der Waals surface area contributed by atoms with Gasteiger partial charge in [0.05, 0.1) is 5.69 Å². The van der Waals surface area contributed by atoms with Crippen molar-refractivity contribution in [3.05, 3.63) is 62.9 Å². The summed E-state index contributed by atoms with van der Waals surface area (Å²) in [6.45, 7) is 4.58. The molecule has 0 radical (unpaired) electrons. The van der Waals surface area contributed by atoms with Crippen molar-refractivity contribution < 1.29 is 0 Å². The first kappa shape index (κ1) is 13.3. The summed E-state index contributed by atoms with van der Waals surface area (Å²) in [6, 6.07) is 7.65. The topological polar surface area (TPSA) is 44.0 Å². The van der Waals surface area contributed by atoms with Gasteiger partial charge in [-0.05, 0) is 24.5 Å². The molecule has 2 aromatic rings. The number of hydrogen-bond donors (Lipinski definition) is 0. The SMILES string of the molecule is CCCn1ccn(-c2ccccc2CC)c(=O)c1=O. The summed E-state index contributed by atoms with van der Waals surface area (Å²) in [4.78, 5) is 24.1. The van der Waals surface area contributed by atoms with Gasteiger partial charge in [-0.2, -0.15) is 0 Å². The second-order valence-corrected chi connectivity index (χ2v) is 4.45. The molecule has 0 fully saturated rings. The van der Waals surface area contributed by atoms with Crippen LogP contribution >= 0.6 is 0 Å². The minimum atomic E-state index is -0.489. The first-order valence-corrected chi connectivity index (χ1v) is 6.59. The maximum Gasteiger partial charge on any atom is 0.320 e. The lowest BCUT2D eigenvalue weighted by Gasteiger charge is -2.11. The second-order valence-electron chi connectivity index (χ2n) is 4.45. The molecule has 0 saturated heterocycles. The van der Waals surface area contributed by atoms with Gasteiger partial charge in [0.1, 0.15) is 0 Å². The van der Waals surface area contributed by atoms with Crippen LogP contribution in [0, 0.1) is 0 Å². The van der Waals surface area contributed by atoms with E-state index in [-0.39, 0.29) is 0 Å². The van der Waals surface area contributed by atoms with E-state index in [1.807, 2.05) is 38.1 Å². The van der Waals surface area contributed by atoms with Crippen molar-refractivity contribution in [2.45, 2.75) is 33.2 Å². The molecular weight excluding hydrogens is 240 g/mol. The second kappa shape index (κ2) is 5.69. The van der Waals surface area contributed by atoms with Crippen LogP contribution in [0.2, 0.25) is 0 Å². The smallest absolute Gasteiger partial charge is 0.309 e. The molecule has 1 heterocycles. The Hall–Kier alpha value is -2.10. The van der Waals surface area contributed by atoms with E-state index in [2.05, 4.69) is 0 Å². The average Bonchev–Trinajstić information content (AvgIpc) is 2.44. The van der Waals surface area contributed by atoms with Crippen molar-refractivity contribution in [2.75, 3.05) is 0 Å². The maximum atomic E-state index is 12.2. The van der Waals surface area contributed by atoms with Gasteiger partial charge in [0.25, 0.3) is 0 Å².